The molecule has 3 aromatic rings. The van der Waals surface area contributed by atoms with Crippen LogP contribution in [0.1, 0.15) is 92.2 Å². The molecule has 6 atom stereocenters. The SMILES string of the molecule is CC(C)(C)c1c(-c2ncccc2F)cc(F)nc1[C@]1(O)C(C(C)(C)C)N(C(=O)OC2(C(C)(C)C)CCN(C(=O)O)C(C3=NCC=C(c4ncccn4)N3)C2O)CC[C@H]1O. The number of ether oxygens (including phenoxy) is 1. The lowest BCUT2D eigenvalue weighted by Crippen LogP contribution is -2.73. The highest BCUT2D eigenvalue weighted by Gasteiger charge is 2.63. The number of aliphatic hydroxyl groups is 3. The molecule has 3 aliphatic heterocycles. The molecule has 3 aliphatic rings. The van der Waals surface area contributed by atoms with Crippen LogP contribution in [0.4, 0.5) is 18.4 Å². The Labute approximate surface area is 342 Å². The molecule has 2 saturated heterocycles. The molecular weight excluding hydrogens is 767 g/mol. The number of pyridine rings is 2. The first-order chi connectivity index (χ1) is 27.4. The van der Waals surface area contributed by atoms with Crippen LogP contribution < -0.4 is 5.32 Å². The number of aromatic nitrogens is 4. The molecule has 6 rings (SSSR count). The Bertz CT molecular complexity index is 2150. The van der Waals surface area contributed by atoms with Crippen molar-refractivity contribution in [2.24, 2.45) is 15.8 Å². The maximum Gasteiger partial charge on any atom is 0.410 e. The van der Waals surface area contributed by atoms with E-state index in [2.05, 4.69) is 30.2 Å². The fourth-order valence-electron chi connectivity index (χ4n) is 9.00. The van der Waals surface area contributed by atoms with Gasteiger partial charge in [-0.1, -0.05) is 62.3 Å². The highest BCUT2D eigenvalue weighted by molar-refractivity contribution is 5.97. The van der Waals surface area contributed by atoms with Gasteiger partial charge in [0.05, 0.1) is 30.1 Å². The minimum Gasteiger partial charge on any atom is -0.465 e. The van der Waals surface area contributed by atoms with Crippen molar-refractivity contribution in [1.29, 1.82) is 0 Å². The summed E-state index contributed by atoms with van der Waals surface area (Å²) in [7, 11) is 0. The summed E-state index contributed by atoms with van der Waals surface area (Å²) in [6.07, 6.45) is 0.281. The smallest absolute Gasteiger partial charge is 0.410 e. The molecule has 5 N–H and O–H groups in total. The third-order valence-corrected chi connectivity index (χ3v) is 11.6. The van der Waals surface area contributed by atoms with Gasteiger partial charge < -0.3 is 35.4 Å². The molecule has 0 spiro atoms. The van der Waals surface area contributed by atoms with Gasteiger partial charge in [0.25, 0.3) is 0 Å². The molecule has 2 fully saturated rings. The van der Waals surface area contributed by atoms with Crippen molar-refractivity contribution in [1.82, 2.24) is 35.1 Å². The Hall–Kier alpha value is -5.13. The van der Waals surface area contributed by atoms with Gasteiger partial charge in [-0.15, -0.1) is 0 Å². The number of amides is 2. The quantitative estimate of drug-likeness (QED) is 0.209. The van der Waals surface area contributed by atoms with Crippen molar-refractivity contribution < 1.29 is 43.5 Å². The molecule has 0 saturated carbocycles. The minimum atomic E-state index is -2.47. The fourth-order valence-corrected chi connectivity index (χ4v) is 9.00. The van der Waals surface area contributed by atoms with E-state index < -0.39 is 75.7 Å². The van der Waals surface area contributed by atoms with Crippen LogP contribution in [0.5, 0.6) is 0 Å². The van der Waals surface area contributed by atoms with Crippen molar-refractivity contribution in [3.63, 3.8) is 0 Å². The number of aliphatic hydroxyl groups excluding tert-OH is 2. The predicted octanol–water partition coefficient (Wildman–Crippen LogP) is 5.26. The second kappa shape index (κ2) is 15.5. The van der Waals surface area contributed by atoms with E-state index in [4.69, 9.17) is 4.74 Å². The highest BCUT2D eigenvalue weighted by Crippen LogP contribution is 2.51. The zero-order valence-electron chi connectivity index (χ0n) is 34.9. The normalized spacial score (nSPS) is 26.7. The number of halogens is 2. The summed E-state index contributed by atoms with van der Waals surface area (Å²) in [5.74, 6) is -1.38. The Morgan fingerprint density at radius 2 is 1.61 bits per heavy atom. The van der Waals surface area contributed by atoms with Gasteiger partial charge in [-0.3, -0.25) is 14.9 Å². The summed E-state index contributed by atoms with van der Waals surface area (Å²) >= 11 is 0. The summed E-state index contributed by atoms with van der Waals surface area (Å²) < 4.78 is 37.7. The van der Waals surface area contributed by atoms with Gasteiger partial charge in [0.2, 0.25) is 5.95 Å². The van der Waals surface area contributed by atoms with Gasteiger partial charge >= 0.3 is 12.2 Å². The zero-order chi connectivity index (χ0) is 43.5. The van der Waals surface area contributed by atoms with Gasteiger partial charge in [0.15, 0.2) is 11.4 Å². The molecule has 17 heteroatoms. The number of hydrogen-bond donors (Lipinski definition) is 5. The van der Waals surface area contributed by atoms with E-state index in [0.717, 1.165) is 11.0 Å². The molecule has 0 aromatic carbocycles. The lowest BCUT2D eigenvalue weighted by atomic mass is 9.65. The third-order valence-electron chi connectivity index (χ3n) is 11.6. The molecule has 6 heterocycles. The first-order valence-electron chi connectivity index (χ1n) is 19.6. The number of amidine groups is 1. The number of nitrogens with one attached hydrogen (secondary N) is 1. The molecule has 59 heavy (non-hydrogen) atoms. The number of hydrogen-bond acceptors (Lipinski definition) is 12. The maximum absolute atomic E-state index is 15.8. The molecule has 15 nitrogen and oxygen atoms in total. The molecule has 0 aliphatic carbocycles. The van der Waals surface area contributed by atoms with Gasteiger partial charge in [-0.2, -0.15) is 4.39 Å². The van der Waals surface area contributed by atoms with Gasteiger partial charge in [0.1, 0.15) is 35.1 Å². The van der Waals surface area contributed by atoms with E-state index in [1.54, 1.807) is 86.8 Å². The highest BCUT2D eigenvalue weighted by atomic mass is 19.1. The first kappa shape index (κ1) is 43.4. The average molecular weight is 821 g/mol. The monoisotopic (exact) mass is 820 g/mol. The molecule has 2 amide bonds. The second-order valence-corrected chi connectivity index (χ2v) is 18.6. The number of nitrogens with zero attached hydrogens (tertiary/aromatic N) is 7. The van der Waals surface area contributed by atoms with Gasteiger partial charge in [-0.05, 0) is 47.1 Å². The maximum atomic E-state index is 15.8. The number of carbonyl (C=O) groups is 2. The van der Waals surface area contributed by atoms with E-state index >= 15 is 13.6 Å². The topological polar surface area (TPSA) is 207 Å². The average Bonchev–Trinajstić information content (AvgIpc) is 3.15. The van der Waals surface area contributed by atoms with Crippen molar-refractivity contribution in [3.8, 4) is 11.3 Å². The number of carbonyl (C=O) groups excluding carboxylic acids is 1. The summed E-state index contributed by atoms with van der Waals surface area (Å²) in [6, 6.07) is 2.58. The Morgan fingerprint density at radius 1 is 0.949 bits per heavy atom. The van der Waals surface area contributed by atoms with E-state index in [1.165, 1.54) is 23.2 Å². The molecule has 0 bridgehead atoms. The lowest BCUT2D eigenvalue weighted by molar-refractivity contribution is -0.209. The van der Waals surface area contributed by atoms with Crippen molar-refractivity contribution in [2.75, 3.05) is 19.6 Å². The number of aliphatic imine (C=N–C) groups is 1. The molecule has 318 valence electrons. The van der Waals surface area contributed by atoms with Crippen LogP contribution in [0.3, 0.4) is 0 Å². The summed E-state index contributed by atoms with van der Waals surface area (Å²) in [4.78, 5) is 51.6. The number of rotatable bonds is 5. The number of piperidine rings is 2. The van der Waals surface area contributed by atoms with E-state index in [0.29, 0.717) is 11.5 Å². The van der Waals surface area contributed by atoms with Crippen LogP contribution in [0, 0.1) is 22.6 Å². The molecule has 0 radical (unpaired) electrons. The fraction of sp³-hybridized carbons (Fsp3) is 0.548. The lowest BCUT2D eigenvalue weighted by Gasteiger charge is -2.57. The summed E-state index contributed by atoms with van der Waals surface area (Å²) in [5.41, 5.74) is -7.06. The van der Waals surface area contributed by atoms with Crippen LogP contribution >= 0.6 is 0 Å². The number of carboxylic acid groups (broad SMARTS) is 1. The molecule has 3 aromatic heterocycles. The van der Waals surface area contributed by atoms with Crippen molar-refractivity contribution in [2.45, 2.75) is 116 Å². The van der Waals surface area contributed by atoms with Crippen LogP contribution in [-0.2, 0) is 15.8 Å². The number of likely N-dealkylation sites (tertiary alicyclic amines) is 2. The molecular formula is C42H54F2N8O7. The van der Waals surface area contributed by atoms with Crippen LogP contribution in [0.15, 0.2) is 53.9 Å². The predicted molar refractivity (Wildman–Crippen MR) is 214 cm³/mol. The van der Waals surface area contributed by atoms with Crippen LogP contribution in [0.2, 0.25) is 0 Å². The zero-order valence-corrected chi connectivity index (χ0v) is 34.9. The molecule has 4 unspecified atom stereocenters. The second-order valence-electron chi connectivity index (χ2n) is 18.6. The van der Waals surface area contributed by atoms with Crippen LogP contribution in [0.25, 0.3) is 17.0 Å². The van der Waals surface area contributed by atoms with E-state index in [-0.39, 0.29) is 60.8 Å². The Kier molecular flexibility index (Phi) is 11.4. The largest absolute Gasteiger partial charge is 0.465 e. The van der Waals surface area contributed by atoms with E-state index in [9.17, 15) is 25.2 Å². The Balaban J connectivity index is 1.45. The van der Waals surface area contributed by atoms with Gasteiger partial charge in [0, 0.05) is 55.1 Å². The summed E-state index contributed by atoms with van der Waals surface area (Å²) in [6.45, 7) is 15.6. The summed E-state index contributed by atoms with van der Waals surface area (Å²) in [5, 5.41) is 51.0. The van der Waals surface area contributed by atoms with Crippen molar-refractivity contribution >= 4 is 23.7 Å². The van der Waals surface area contributed by atoms with Crippen molar-refractivity contribution in [3.05, 3.63) is 77.8 Å². The first-order valence-corrected chi connectivity index (χ1v) is 19.6. The Morgan fingerprint density at radius 3 is 2.20 bits per heavy atom. The van der Waals surface area contributed by atoms with Crippen LogP contribution in [-0.4, -0.2) is 118 Å². The standard InChI is InChI=1S/C42H54F2N8O7/c1-38(2,3)28-23(29-24(43)12-10-16-45-29)22-27(44)50-31(28)42(58)26(53)14-20-52(35(42)39(4,5)6)37(57)59-41(40(7,8)9)15-21-51(36(55)56)30(32(41)54)34-48-19-13-25(49-34)33-46-17-11-18-47-33/h10-13,16-18,22,26,30,32,35,53-54,58H,14-15,19-21H2,1-9H3,(H,48,49)(H,55,56)/t26-,30?,32?,35?,41?,42+/m1/s1. The third kappa shape index (κ3) is 7.75. The van der Waals surface area contributed by atoms with E-state index in [1.807, 2.05) is 0 Å². The minimum absolute atomic E-state index is 0.0215. The van der Waals surface area contributed by atoms with Gasteiger partial charge in [-0.25, -0.2) is 28.9 Å².